The first kappa shape index (κ1) is 49.2. The summed E-state index contributed by atoms with van der Waals surface area (Å²) < 4.78 is 31.5. The molecule has 10 nitrogen and oxygen atoms in total. The maximum atomic E-state index is 12.3. The molecule has 0 rings (SSSR count). The van der Waals surface area contributed by atoms with E-state index < -0.39 is 18.5 Å². The number of unbranched alkanes of at least 4 members (excludes halogenated alkanes) is 18. The minimum absolute atomic E-state index is 0.141. The molecule has 0 aliphatic carbocycles. The van der Waals surface area contributed by atoms with Gasteiger partial charge in [0, 0.05) is 6.54 Å². The zero-order valence-corrected chi connectivity index (χ0v) is 33.7. The quantitative estimate of drug-likeness (QED) is 0.0266. The maximum Gasteiger partial charge on any atom is 0.508 e. The summed E-state index contributed by atoms with van der Waals surface area (Å²) in [7, 11) is 3.87. The summed E-state index contributed by atoms with van der Waals surface area (Å²) in [5.41, 5.74) is 0. The second-order valence-electron chi connectivity index (χ2n) is 13.9. The Morgan fingerprint density at radius 2 is 0.865 bits per heavy atom. The first-order chi connectivity index (χ1) is 25.4. The van der Waals surface area contributed by atoms with Gasteiger partial charge in [-0.3, -0.25) is 0 Å². The Balaban J connectivity index is 4.02. The third kappa shape index (κ3) is 38.5. The van der Waals surface area contributed by atoms with Gasteiger partial charge < -0.3 is 33.3 Å². The van der Waals surface area contributed by atoms with Crippen LogP contribution in [0.3, 0.4) is 0 Å². The van der Waals surface area contributed by atoms with Crippen LogP contribution in [0.25, 0.3) is 0 Å². The molecule has 0 atom stereocenters. The summed E-state index contributed by atoms with van der Waals surface area (Å²) >= 11 is 0. The predicted octanol–water partition coefficient (Wildman–Crippen LogP) is 11.9. The van der Waals surface area contributed by atoms with Crippen molar-refractivity contribution in [3.05, 3.63) is 24.3 Å². The highest BCUT2D eigenvalue weighted by molar-refractivity contribution is 5.60. The van der Waals surface area contributed by atoms with Crippen LogP contribution < -0.4 is 0 Å². The number of carbonyl (C=O) groups excluding carboxylic acids is 3. The largest absolute Gasteiger partial charge is 0.508 e. The van der Waals surface area contributed by atoms with Gasteiger partial charge in [-0.25, -0.2) is 14.4 Å². The third-order valence-electron chi connectivity index (χ3n) is 8.68. The van der Waals surface area contributed by atoms with Crippen LogP contribution in [0.2, 0.25) is 0 Å². The molecule has 0 saturated heterocycles. The van der Waals surface area contributed by atoms with Crippen molar-refractivity contribution in [3.63, 3.8) is 0 Å². The zero-order valence-electron chi connectivity index (χ0n) is 33.7. The number of hydrogen-bond acceptors (Lipinski definition) is 10. The molecule has 0 radical (unpaired) electrons. The van der Waals surface area contributed by atoms with Crippen molar-refractivity contribution in [3.8, 4) is 0 Å². The molecule has 304 valence electrons. The Labute approximate surface area is 317 Å². The lowest BCUT2D eigenvalue weighted by atomic mass is 10.0. The minimum Gasteiger partial charge on any atom is -0.434 e. The van der Waals surface area contributed by atoms with Gasteiger partial charge in [-0.15, -0.1) is 0 Å². The highest BCUT2D eigenvalue weighted by Gasteiger charge is 2.15. The van der Waals surface area contributed by atoms with Crippen LogP contribution in [0, 0.1) is 0 Å². The van der Waals surface area contributed by atoms with Crippen LogP contribution in [0.1, 0.15) is 168 Å². The second-order valence-corrected chi connectivity index (χ2v) is 13.9. The molecule has 0 heterocycles. The molecule has 0 amide bonds. The van der Waals surface area contributed by atoms with E-state index in [-0.39, 0.29) is 19.3 Å². The Morgan fingerprint density at radius 1 is 0.462 bits per heavy atom. The minimum atomic E-state index is -0.599. The summed E-state index contributed by atoms with van der Waals surface area (Å²) in [6.45, 7) is 6.66. The Morgan fingerprint density at radius 3 is 1.31 bits per heavy atom. The van der Waals surface area contributed by atoms with Gasteiger partial charge in [0.2, 0.25) is 0 Å². The average Bonchev–Trinajstić information content (AvgIpc) is 3.12. The molecule has 0 N–H and O–H groups in total. The molecule has 0 bridgehead atoms. The number of ether oxygens (including phenoxy) is 6. The van der Waals surface area contributed by atoms with Gasteiger partial charge in [-0.2, -0.15) is 0 Å². The highest BCUT2D eigenvalue weighted by atomic mass is 16.7. The number of rotatable bonds is 36. The average molecular weight is 740 g/mol. The normalized spacial score (nSPS) is 11.5. The fourth-order valence-corrected chi connectivity index (χ4v) is 5.48. The number of likely N-dealkylation sites (N-methyl/N-ethyl adjacent to an activating group) is 1. The standard InChI is InChI=1S/C42H77NO9/c1-5-7-9-11-15-21-27-34-47-40(44)49-36-29-23-17-13-19-25-31-39(52-42(46)51-38-33-43(3)4)32-26-20-14-18-24-30-37-50-41(45)48-35-28-22-16-12-10-8-6-2/h21-22,27-28,39H,5-20,23-26,29-38H2,1-4H3/b27-21-,28-22-. The lowest BCUT2D eigenvalue weighted by Gasteiger charge is -2.18. The summed E-state index contributed by atoms with van der Waals surface area (Å²) in [6, 6.07) is 0. The highest BCUT2D eigenvalue weighted by Crippen LogP contribution is 2.18. The summed E-state index contributed by atoms with van der Waals surface area (Å²) in [5, 5.41) is 0. The van der Waals surface area contributed by atoms with Crippen LogP contribution in [-0.2, 0) is 28.4 Å². The lowest BCUT2D eigenvalue weighted by molar-refractivity contribution is 0.0138. The summed E-state index contributed by atoms with van der Waals surface area (Å²) in [6.07, 6.45) is 31.6. The molecule has 10 heteroatoms. The number of nitrogens with zero attached hydrogens (tertiary/aromatic N) is 1. The summed E-state index contributed by atoms with van der Waals surface area (Å²) in [4.78, 5) is 37.7. The molecule has 0 fully saturated rings. The first-order valence-corrected chi connectivity index (χ1v) is 20.8. The lowest BCUT2D eigenvalue weighted by Crippen LogP contribution is -2.23. The smallest absolute Gasteiger partial charge is 0.434 e. The van der Waals surface area contributed by atoms with Crippen molar-refractivity contribution in [2.75, 3.05) is 53.7 Å². The maximum absolute atomic E-state index is 12.3. The van der Waals surface area contributed by atoms with E-state index in [4.69, 9.17) is 28.4 Å². The van der Waals surface area contributed by atoms with Crippen molar-refractivity contribution < 1.29 is 42.8 Å². The SMILES string of the molecule is CCCCCC/C=C\COC(=O)OCCCCCCCCC(CCCCCCCCOC(=O)OC/C=C\CCCCCC)OC(=O)OCCN(C)C. The van der Waals surface area contributed by atoms with E-state index in [1.165, 1.54) is 51.4 Å². The monoisotopic (exact) mass is 740 g/mol. The van der Waals surface area contributed by atoms with Gasteiger partial charge in [-0.05, 0) is 78.3 Å². The van der Waals surface area contributed by atoms with E-state index in [0.29, 0.717) is 26.4 Å². The van der Waals surface area contributed by atoms with Gasteiger partial charge in [0.1, 0.15) is 25.9 Å². The van der Waals surface area contributed by atoms with Crippen molar-refractivity contribution in [1.29, 1.82) is 0 Å². The topological polar surface area (TPSA) is 110 Å². The van der Waals surface area contributed by atoms with E-state index in [9.17, 15) is 14.4 Å². The van der Waals surface area contributed by atoms with E-state index in [1.54, 1.807) is 0 Å². The molecule has 0 unspecified atom stereocenters. The summed E-state index contributed by atoms with van der Waals surface area (Å²) in [5.74, 6) is 0. The van der Waals surface area contributed by atoms with Crippen LogP contribution in [0.5, 0.6) is 0 Å². The van der Waals surface area contributed by atoms with Crippen molar-refractivity contribution in [2.45, 2.75) is 174 Å². The number of carbonyl (C=O) groups is 3. The fourth-order valence-electron chi connectivity index (χ4n) is 5.48. The molecule has 0 spiro atoms. The molecule has 0 saturated carbocycles. The van der Waals surface area contributed by atoms with Crippen LogP contribution >= 0.6 is 0 Å². The van der Waals surface area contributed by atoms with Crippen molar-refractivity contribution in [1.82, 2.24) is 4.90 Å². The van der Waals surface area contributed by atoms with E-state index in [1.807, 2.05) is 31.1 Å². The van der Waals surface area contributed by atoms with Gasteiger partial charge in [-0.1, -0.05) is 128 Å². The molecular weight excluding hydrogens is 662 g/mol. The Kier molecular flexibility index (Phi) is 37.4. The van der Waals surface area contributed by atoms with Crippen LogP contribution in [0.4, 0.5) is 14.4 Å². The van der Waals surface area contributed by atoms with Gasteiger partial charge in [0.05, 0.1) is 13.2 Å². The van der Waals surface area contributed by atoms with E-state index in [2.05, 4.69) is 26.0 Å². The molecule has 0 aromatic heterocycles. The number of allylic oxidation sites excluding steroid dienone is 2. The van der Waals surface area contributed by atoms with Crippen molar-refractivity contribution >= 4 is 18.5 Å². The predicted molar refractivity (Wildman–Crippen MR) is 210 cm³/mol. The van der Waals surface area contributed by atoms with Gasteiger partial charge in [0.25, 0.3) is 0 Å². The Bertz CT molecular complexity index is 822. The molecular formula is C42H77NO9. The first-order valence-electron chi connectivity index (χ1n) is 20.8. The molecule has 0 aliphatic rings. The van der Waals surface area contributed by atoms with Gasteiger partial charge in [0.15, 0.2) is 0 Å². The third-order valence-corrected chi connectivity index (χ3v) is 8.68. The van der Waals surface area contributed by atoms with Crippen LogP contribution in [0.15, 0.2) is 24.3 Å². The van der Waals surface area contributed by atoms with Gasteiger partial charge >= 0.3 is 18.5 Å². The van der Waals surface area contributed by atoms with Crippen molar-refractivity contribution in [2.24, 2.45) is 0 Å². The van der Waals surface area contributed by atoms with Crippen LogP contribution in [-0.4, -0.2) is 83.1 Å². The zero-order chi connectivity index (χ0) is 38.2. The fraction of sp³-hybridized carbons (Fsp3) is 0.833. The second kappa shape index (κ2) is 39.5. The molecule has 52 heavy (non-hydrogen) atoms. The Hall–Kier alpha value is -2.75. The molecule has 0 aromatic carbocycles. The number of hydrogen-bond donors (Lipinski definition) is 0. The molecule has 0 aromatic rings. The van der Waals surface area contributed by atoms with E-state index >= 15 is 0 Å². The molecule has 0 aliphatic heterocycles. The van der Waals surface area contributed by atoms with E-state index in [0.717, 1.165) is 103 Å².